The van der Waals surface area contributed by atoms with Crippen LogP contribution in [0.25, 0.3) is 11.1 Å². The smallest absolute Gasteiger partial charge is 0.407 e. The molecule has 9 nitrogen and oxygen atoms in total. The van der Waals surface area contributed by atoms with E-state index in [1.54, 1.807) is 12.1 Å². The Bertz CT molecular complexity index is 1140. The first-order valence-electron chi connectivity index (χ1n) is 10.9. The fraction of sp³-hybridized carbons (Fsp3) is 0.240. The average Bonchev–Trinajstić information content (AvgIpc) is 3.18. The van der Waals surface area contributed by atoms with E-state index in [1.165, 1.54) is 6.20 Å². The van der Waals surface area contributed by atoms with Gasteiger partial charge in [-0.2, -0.15) is 10.2 Å². The topological polar surface area (TPSA) is 131 Å². The lowest BCUT2D eigenvalue weighted by atomic mass is 9.98. The summed E-state index contributed by atoms with van der Waals surface area (Å²) in [6.07, 6.45) is 0.366. The van der Waals surface area contributed by atoms with Gasteiger partial charge in [-0.15, -0.1) is 0 Å². The van der Waals surface area contributed by atoms with E-state index >= 15 is 0 Å². The predicted octanol–water partition coefficient (Wildman–Crippen LogP) is 2.86. The van der Waals surface area contributed by atoms with Crippen molar-refractivity contribution < 1.29 is 24.2 Å². The fourth-order valence-corrected chi connectivity index (χ4v) is 4.05. The maximum absolute atomic E-state index is 12.6. The van der Waals surface area contributed by atoms with Crippen LogP contribution in [-0.2, 0) is 20.9 Å². The maximum Gasteiger partial charge on any atom is 0.407 e. The van der Waals surface area contributed by atoms with Gasteiger partial charge >= 0.3 is 12.1 Å². The lowest BCUT2D eigenvalue weighted by Gasteiger charge is -2.19. The van der Waals surface area contributed by atoms with Crippen molar-refractivity contribution in [3.05, 3.63) is 83.7 Å². The Morgan fingerprint density at radius 3 is 2.26 bits per heavy atom. The van der Waals surface area contributed by atoms with Crippen LogP contribution in [0.5, 0.6) is 0 Å². The van der Waals surface area contributed by atoms with Crippen molar-refractivity contribution in [2.75, 3.05) is 6.61 Å². The first kappa shape index (κ1) is 22.9. The highest BCUT2D eigenvalue weighted by Gasteiger charge is 2.30. The van der Waals surface area contributed by atoms with Gasteiger partial charge in [0.25, 0.3) is 0 Å². The van der Waals surface area contributed by atoms with E-state index in [2.05, 4.69) is 20.8 Å². The Hall–Kier alpha value is -4.27. The van der Waals surface area contributed by atoms with E-state index in [-0.39, 0.29) is 31.9 Å². The number of carbonyl (C=O) groups is 3. The zero-order valence-electron chi connectivity index (χ0n) is 18.3. The summed E-state index contributed by atoms with van der Waals surface area (Å²) >= 11 is 0. The summed E-state index contributed by atoms with van der Waals surface area (Å²) in [6.45, 7) is 0.190. The predicted molar refractivity (Wildman–Crippen MR) is 123 cm³/mol. The van der Waals surface area contributed by atoms with Gasteiger partial charge in [0, 0.05) is 18.5 Å². The summed E-state index contributed by atoms with van der Waals surface area (Å²) in [5.74, 6) is -1.72. The molecule has 4 rings (SSSR count). The van der Waals surface area contributed by atoms with Gasteiger partial charge in [0.2, 0.25) is 5.91 Å². The molecule has 1 aliphatic rings. The normalized spacial score (nSPS) is 12.8. The minimum Gasteiger partial charge on any atom is -0.481 e. The van der Waals surface area contributed by atoms with Gasteiger partial charge in [0.15, 0.2) is 0 Å². The first-order valence-corrected chi connectivity index (χ1v) is 10.9. The lowest BCUT2D eigenvalue weighted by Crippen LogP contribution is -2.47. The van der Waals surface area contributed by atoms with Crippen LogP contribution in [0.1, 0.15) is 35.6 Å². The molecule has 0 aliphatic heterocycles. The largest absolute Gasteiger partial charge is 0.481 e. The molecule has 1 atom stereocenters. The van der Waals surface area contributed by atoms with E-state index < -0.39 is 24.0 Å². The Kier molecular flexibility index (Phi) is 7.12. The number of hydrogen-bond acceptors (Lipinski definition) is 6. The highest BCUT2D eigenvalue weighted by Crippen LogP contribution is 2.44. The number of aromatic nitrogens is 2. The van der Waals surface area contributed by atoms with Gasteiger partial charge in [-0.1, -0.05) is 48.5 Å². The first-order chi connectivity index (χ1) is 16.5. The molecule has 3 aromatic rings. The van der Waals surface area contributed by atoms with Crippen LogP contribution in [0.15, 0.2) is 66.9 Å². The quantitative estimate of drug-likeness (QED) is 0.448. The minimum absolute atomic E-state index is 0.0775. The van der Waals surface area contributed by atoms with Crippen LogP contribution < -0.4 is 10.6 Å². The number of aliphatic carboxylic acids is 1. The van der Waals surface area contributed by atoms with Gasteiger partial charge in [-0.25, -0.2) is 4.79 Å². The monoisotopic (exact) mass is 460 g/mol. The molecular formula is C25H24N4O5. The molecule has 3 N–H and O–H groups in total. The number of carboxylic acids is 1. The summed E-state index contributed by atoms with van der Waals surface area (Å²) in [5, 5.41) is 21.8. The van der Waals surface area contributed by atoms with E-state index in [0.29, 0.717) is 5.69 Å². The van der Waals surface area contributed by atoms with Crippen molar-refractivity contribution >= 4 is 18.0 Å². The second-order valence-electron chi connectivity index (χ2n) is 7.89. The molecule has 0 saturated heterocycles. The zero-order valence-corrected chi connectivity index (χ0v) is 18.3. The fourth-order valence-electron chi connectivity index (χ4n) is 4.05. The standard InChI is InChI=1S/C25H24N4O5/c30-23(31)12-11-22(24(32)26-14-16-6-5-13-27-29-16)28-25(33)34-15-21-19-9-3-1-7-17(19)18-8-2-4-10-20(18)21/h1-10,13,21-22H,11-12,14-15H2,(H,26,32)(H,28,33)(H,30,31). The Morgan fingerprint density at radius 2 is 1.65 bits per heavy atom. The second-order valence-corrected chi connectivity index (χ2v) is 7.89. The number of carbonyl (C=O) groups excluding carboxylic acids is 2. The minimum atomic E-state index is -1.07. The number of rotatable bonds is 9. The number of hydrogen-bond donors (Lipinski definition) is 3. The number of nitrogens with zero attached hydrogens (tertiary/aromatic N) is 2. The summed E-state index contributed by atoms with van der Waals surface area (Å²) in [5.41, 5.74) is 4.89. The molecule has 2 amide bonds. The second kappa shape index (κ2) is 10.6. The third-order valence-electron chi connectivity index (χ3n) is 5.67. The molecule has 0 radical (unpaired) electrons. The molecule has 1 aromatic heterocycles. The van der Waals surface area contributed by atoms with Gasteiger partial charge in [-0.3, -0.25) is 9.59 Å². The molecule has 2 aromatic carbocycles. The summed E-state index contributed by atoms with van der Waals surface area (Å²) in [4.78, 5) is 36.2. The van der Waals surface area contributed by atoms with Gasteiger partial charge < -0.3 is 20.5 Å². The molecule has 0 saturated carbocycles. The lowest BCUT2D eigenvalue weighted by molar-refractivity contribution is -0.137. The number of fused-ring (bicyclic) bond motifs is 3. The number of ether oxygens (including phenoxy) is 1. The van der Waals surface area contributed by atoms with E-state index in [1.807, 2.05) is 48.5 Å². The van der Waals surface area contributed by atoms with Crippen molar-refractivity contribution in [3.8, 4) is 11.1 Å². The zero-order chi connectivity index (χ0) is 23.9. The van der Waals surface area contributed by atoms with Crippen molar-refractivity contribution in [3.63, 3.8) is 0 Å². The number of alkyl carbamates (subject to hydrolysis) is 1. The van der Waals surface area contributed by atoms with E-state index in [4.69, 9.17) is 9.84 Å². The molecular weight excluding hydrogens is 436 g/mol. The number of benzene rings is 2. The van der Waals surface area contributed by atoms with Crippen LogP contribution in [0.2, 0.25) is 0 Å². The van der Waals surface area contributed by atoms with Gasteiger partial charge in [0.05, 0.1) is 12.2 Å². The molecule has 0 fully saturated rings. The maximum atomic E-state index is 12.6. The van der Waals surface area contributed by atoms with Crippen LogP contribution >= 0.6 is 0 Å². The third-order valence-corrected chi connectivity index (χ3v) is 5.67. The Morgan fingerprint density at radius 1 is 0.971 bits per heavy atom. The summed E-state index contributed by atoms with van der Waals surface area (Å²) in [7, 11) is 0. The van der Waals surface area contributed by atoms with Crippen LogP contribution in [0, 0.1) is 0 Å². The summed E-state index contributed by atoms with van der Waals surface area (Å²) < 4.78 is 5.49. The van der Waals surface area contributed by atoms with Gasteiger partial charge in [-0.05, 0) is 40.8 Å². The number of carboxylic acid groups (broad SMARTS) is 1. The Balaban J connectivity index is 1.39. The van der Waals surface area contributed by atoms with E-state index in [0.717, 1.165) is 22.3 Å². The molecule has 0 spiro atoms. The number of amides is 2. The average molecular weight is 460 g/mol. The highest BCUT2D eigenvalue weighted by molar-refractivity contribution is 5.86. The molecule has 174 valence electrons. The highest BCUT2D eigenvalue weighted by atomic mass is 16.5. The number of nitrogens with one attached hydrogen (secondary N) is 2. The van der Waals surface area contributed by atoms with Gasteiger partial charge in [0.1, 0.15) is 12.6 Å². The summed E-state index contributed by atoms with van der Waals surface area (Å²) in [6, 6.07) is 18.2. The van der Waals surface area contributed by atoms with Crippen molar-refractivity contribution in [2.45, 2.75) is 31.3 Å². The van der Waals surface area contributed by atoms with Crippen molar-refractivity contribution in [1.82, 2.24) is 20.8 Å². The van der Waals surface area contributed by atoms with Crippen LogP contribution in [0.3, 0.4) is 0 Å². The SMILES string of the molecule is O=C(O)CCC(NC(=O)OCC1c2ccccc2-c2ccccc21)C(=O)NCc1cccnn1. The molecule has 0 bridgehead atoms. The molecule has 9 heteroatoms. The molecule has 1 heterocycles. The molecule has 34 heavy (non-hydrogen) atoms. The van der Waals surface area contributed by atoms with Crippen molar-refractivity contribution in [2.24, 2.45) is 0 Å². The van der Waals surface area contributed by atoms with E-state index in [9.17, 15) is 14.4 Å². The molecule has 1 unspecified atom stereocenters. The van der Waals surface area contributed by atoms with Crippen LogP contribution in [0.4, 0.5) is 4.79 Å². The van der Waals surface area contributed by atoms with Crippen LogP contribution in [-0.4, -0.2) is 45.9 Å². The molecule has 1 aliphatic carbocycles. The van der Waals surface area contributed by atoms with Crippen molar-refractivity contribution in [1.29, 1.82) is 0 Å². The third kappa shape index (κ3) is 5.37. The Labute approximate surface area is 196 Å².